The van der Waals surface area contributed by atoms with Gasteiger partial charge in [-0.2, -0.15) is 0 Å². The van der Waals surface area contributed by atoms with Gasteiger partial charge in [0.05, 0.1) is 13.3 Å². The lowest BCUT2D eigenvalue weighted by Gasteiger charge is -1.95. The fraction of sp³-hybridized carbons (Fsp3) is 0.375. The Hall–Kier alpha value is -1.09. The Kier molecular flexibility index (Phi) is 6.33. The van der Waals surface area contributed by atoms with Crippen LogP contribution in [0.4, 0.5) is 0 Å². The summed E-state index contributed by atoms with van der Waals surface area (Å²) >= 11 is 0. The van der Waals surface area contributed by atoms with Gasteiger partial charge in [0.25, 0.3) is 0 Å². The van der Waals surface area contributed by atoms with Crippen LogP contribution in [-0.4, -0.2) is 26.9 Å². The van der Waals surface area contributed by atoms with E-state index >= 15 is 0 Å². The molecule has 0 saturated carbocycles. The van der Waals surface area contributed by atoms with E-state index in [0.717, 1.165) is 5.76 Å². The number of hydrogen-bond donors (Lipinski definition) is 1. The predicted molar refractivity (Wildman–Crippen MR) is 47.7 cm³/mol. The van der Waals surface area contributed by atoms with Crippen LogP contribution in [0.15, 0.2) is 29.0 Å². The minimum atomic E-state index is 0.538. The minimum Gasteiger partial charge on any atom is -0.495 e. The first-order valence-electron chi connectivity index (χ1n) is 3.38. The first-order chi connectivity index (χ1) is 5.35. The van der Waals surface area contributed by atoms with Crippen LogP contribution in [-0.2, 0) is 4.74 Å². The third-order valence-corrected chi connectivity index (χ3v) is 1.02. The van der Waals surface area contributed by atoms with Gasteiger partial charge in [0.2, 0.25) is 0 Å². The standard InChI is InChI=1S/C8H14N2O/c1-10-7-8(11-2)5-3-4-6-9/h3-5,7H,6,9H2,1-2H3/b4-3+,8-5+,10-7?. The van der Waals surface area contributed by atoms with Gasteiger partial charge in [0.1, 0.15) is 5.76 Å². The minimum absolute atomic E-state index is 0.538. The highest BCUT2D eigenvalue weighted by atomic mass is 16.5. The van der Waals surface area contributed by atoms with Crippen LogP contribution >= 0.6 is 0 Å². The molecule has 2 N–H and O–H groups in total. The molecule has 0 unspecified atom stereocenters. The predicted octanol–water partition coefficient (Wildman–Crippen LogP) is 0.732. The second kappa shape index (κ2) is 7.02. The summed E-state index contributed by atoms with van der Waals surface area (Å²) in [5.41, 5.74) is 5.24. The lowest BCUT2D eigenvalue weighted by molar-refractivity contribution is 0.317. The van der Waals surface area contributed by atoms with Crippen molar-refractivity contribution in [3.63, 3.8) is 0 Å². The number of ether oxygens (including phenoxy) is 1. The lowest BCUT2D eigenvalue weighted by Crippen LogP contribution is -1.92. The van der Waals surface area contributed by atoms with Crippen molar-refractivity contribution in [2.75, 3.05) is 20.7 Å². The van der Waals surface area contributed by atoms with Gasteiger partial charge in [-0.15, -0.1) is 0 Å². The van der Waals surface area contributed by atoms with Gasteiger partial charge in [-0.05, 0) is 6.08 Å². The molecule has 3 nitrogen and oxygen atoms in total. The van der Waals surface area contributed by atoms with E-state index in [-0.39, 0.29) is 0 Å². The number of rotatable bonds is 4. The molecule has 0 amide bonds. The van der Waals surface area contributed by atoms with Gasteiger partial charge in [-0.1, -0.05) is 12.2 Å². The fourth-order valence-corrected chi connectivity index (χ4v) is 0.532. The Labute approximate surface area is 67.3 Å². The van der Waals surface area contributed by atoms with Crippen molar-refractivity contribution in [2.24, 2.45) is 10.7 Å². The molecule has 0 saturated heterocycles. The zero-order chi connectivity index (χ0) is 8.53. The summed E-state index contributed by atoms with van der Waals surface area (Å²) in [6.45, 7) is 0.538. The maximum Gasteiger partial charge on any atom is 0.136 e. The van der Waals surface area contributed by atoms with E-state index in [1.54, 1.807) is 26.4 Å². The highest BCUT2D eigenvalue weighted by Gasteiger charge is 1.83. The molecule has 3 heteroatoms. The van der Waals surface area contributed by atoms with Crippen LogP contribution in [0.25, 0.3) is 0 Å². The molecular weight excluding hydrogens is 140 g/mol. The molecule has 0 heterocycles. The molecule has 0 aromatic rings. The van der Waals surface area contributed by atoms with Gasteiger partial charge >= 0.3 is 0 Å². The molecule has 0 aliphatic carbocycles. The van der Waals surface area contributed by atoms with E-state index in [1.165, 1.54) is 0 Å². The molecule has 0 fully saturated rings. The van der Waals surface area contributed by atoms with Crippen molar-refractivity contribution < 1.29 is 4.74 Å². The van der Waals surface area contributed by atoms with Crippen LogP contribution in [0.5, 0.6) is 0 Å². The third-order valence-electron chi connectivity index (χ3n) is 1.02. The topological polar surface area (TPSA) is 47.6 Å². The SMILES string of the molecule is CN=C/C(=C\C=C\CN)OC. The Bertz CT molecular complexity index is 171. The highest BCUT2D eigenvalue weighted by Crippen LogP contribution is 1.90. The molecule has 0 aliphatic heterocycles. The number of aliphatic imine (C=N–C) groups is 1. The zero-order valence-electron chi connectivity index (χ0n) is 6.95. The zero-order valence-corrected chi connectivity index (χ0v) is 6.95. The summed E-state index contributed by atoms with van der Waals surface area (Å²) in [6.07, 6.45) is 7.11. The van der Waals surface area contributed by atoms with E-state index in [9.17, 15) is 0 Å². The second-order valence-electron chi connectivity index (χ2n) is 1.82. The molecule has 0 spiro atoms. The normalized spacial score (nSPS) is 13.2. The van der Waals surface area contributed by atoms with E-state index < -0.39 is 0 Å². The monoisotopic (exact) mass is 154 g/mol. The molecular formula is C8H14N2O. The van der Waals surface area contributed by atoms with Crippen LogP contribution in [0, 0.1) is 0 Å². The number of hydrogen-bond acceptors (Lipinski definition) is 3. The Morgan fingerprint density at radius 3 is 2.82 bits per heavy atom. The Morgan fingerprint density at radius 2 is 2.36 bits per heavy atom. The smallest absolute Gasteiger partial charge is 0.136 e. The van der Waals surface area contributed by atoms with Crippen molar-refractivity contribution >= 4 is 6.21 Å². The van der Waals surface area contributed by atoms with Crippen molar-refractivity contribution in [2.45, 2.75) is 0 Å². The van der Waals surface area contributed by atoms with E-state index in [4.69, 9.17) is 10.5 Å². The van der Waals surface area contributed by atoms with Gasteiger partial charge < -0.3 is 10.5 Å². The van der Waals surface area contributed by atoms with Gasteiger partial charge in [-0.25, -0.2) is 0 Å². The second-order valence-corrected chi connectivity index (χ2v) is 1.82. The van der Waals surface area contributed by atoms with Crippen molar-refractivity contribution in [3.05, 3.63) is 24.0 Å². The van der Waals surface area contributed by atoms with Crippen molar-refractivity contribution in [1.29, 1.82) is 0 Å². The largest absolute Gasteiger partial charge is 0.495 e. The van der Waals surface area contributed by atoms with Crippen LogP contribution in [0.2, 0.25) is 0 Å². The number of nitrogens with zero attached hydrogens (tertiary/aromatic N) is 1. The maximum absolute atomic E-state index is 5.24. The van der Waals surface area contributed by atoms with Crippen LogP contribution < -0.4 is 5.73 Å². The Morgan fingerprint density at radius 1 is 1.64 bits per heavy atom. The number of nitrogens with two attached hydrogens (primary N) is 1. The maximum atomic E-state index is 5.24. The van der Waals surface area contributed by atoms with Gasteiger partial charge in [0, 0.05) is 13.6 Å². The van der Waals surface area contributed by atoms with Crippen LogP contribution in [0.1, 0.15) is 0 Å². The highest BCUT2D eigenvalue weighted by molar-refractivity contribution is 5.76. The van der Waals surface area contributed by atoms with Crippen LogP contribution in [0.3, 0.4) is 0 Å². The molecule has 11 heavy (non-hydrogen) atoms. The molecule has 0 rings (SSSR count). The first-order valence-corrected chi connectivity index (χ1v) is 3.38. The van der Waals surface area contributed by atoms with Crippen molar-refractivity contribution in [3.8, 4) is 0 Å². The molecule has 0 bridgehead atoms. The summed E-state index contributed by atoms with van der Waals surface area (Å²) in [5, 5.41) is 0. The Balaban J connectivity index is 4.00. The first kappa shape index (κ1) is 9.91. The quantitative estimate of drug-likeness (QED) is 0.368. The summed E-state index contributed by atoms with van der Waals surface area (Å²) in [5.74, 6) is 0.720. The molecule has 0 atom stereocenters. The van der Waals surface area contributed by atoms with E-state index in [1.807, 2.05) is 12.2 Å². The molecule has 0 aromatic carbocycles. The average Bonchev–Trinajstić information content (AvgIpc) is 2.03. The summed E-state index contributed by atoms with van der Waals surface area (Å²) in [7, 11) is 3.29. The number of allylic oxidation sites excluding steroid dienone is 3. The van der Waals surface area contributed by atoms with Gasteiger partial charge in [-0.3, -0.25) is 4.99 Å². The van der Waals surface area contributed by atoms with Crippen molar-refractivity contribution in [1.82, 2.24) is 0 Å². The number of methoxy groups -OCH3 is 1. The third kappa shape index (κ3) is 5.36. The molecule has 62 valence electrons. The molecule has 0 radical (unpaired) electrons. The molecule has 0 aromatic heterocycles. The molecule has 0 aliphatic rings. The van der Waals surface area contributed by atoms with E-state index in [0.29, 0.717) is 6.54 Å². The summed E-state index contributed by atoms with van der Waals surface area (Å²) in [4.78, 5) is 3.80. The van der Waals surface area contributed by atoms with E-state index in [2.05, 4.69) is 4.99 Å². The summed E-state index contributed by atoms with van der Waals surface area (Å²) < 4.78 is 4.96. The van der Waals surface area contributed by atoms with Gasteiger partial charge in [0.15, 0.2) is 0 Å². The average molecular weight is 154 g/mol. The lowest BCUT2D eigenvalue weighted by atomic mass is 10.4. The fourth-order valence-electron chi connectivity index (χ4n) is 0.532. The summed E-state index contributed by atoms with van der Waals surface area (Å²) in [6, 6.07) is 0.